The van der Waals surface area contributed by atoms with E-state index in [1.807, 2.05) is 43.3 Å². The summed E-state index contributed by atoms with van der Waals surface area (Å²) in [5.41, 5.74) is 2.93. The van der Waals surface area contributed by atoms with Gasteiger partial charge >= 0.3 is 5.69 Å². The maximum absolute atomic E-state index is 16.4. The van der Waals surface area contributed by atoms with Crippen molar-refractivity contribution in [3.8, 4) is 16.9 Å². The van der Waals surface area contributed by atoms with Crippen molar-refractivity contribution in [2.24, 2.45) is 0 Å². The van der Waals surface area contributed by atoms with E-state index in [4.69, 9.17) is 9.97 Å². The second-order valence-electron chi connectivity index (χ2n) is 13.2. The van der Waals surface area contributed by atoms with Crippen LogP contribution in [0.2, 0.25) is 0 Å². The van der Waals surface area contributed by atoms with Crippen molar-refractivity contribution >= 4 is 22.8 Å². The van der Waals surface area contributed by atoms with Crippen molar-refractivity contribution in [2.45, 2.75) is 71.5 Å². The summed E-state index contributed by atoms with van der Waals surface area (Å²) >= 11 is 0. The number of carbonyl (C=O) groups excluding carboxylic acids is 1. The molecule has 1 saturated heterocycles. The molecule has 2 aliphatic rings. The smallest absolute Gasteiger partial charge is 0.349 e. The first-order valence-corrected chi connectivity index (χ1v) is 16.5. The number of amides is 1. The summed E-state index contributed by atoms with van der Waals surface area (Å²) in [5, 5.41) is 8.71. The highest BCUT2D eigenvalue weighted by Crippen LogP contribution is 2.35. The molecule has 0 spiro atoms. The third-order valence-electron chi connectivity index (χ3n) is 9.57. The predicted octanol–water partition coefficient (Wildman–Crippen LogP) is 4.79. The number of pyridine rings is 2. The number of nitrogens with zero attached hydrogens (tertiary/aromatic N) is 9. The summed E-state index contributed by atoms with van der Waals surface area (Å²) < 4.78 is 35.2. The minimum atomic E-state index is -0.753. The monoisotopic (exact) mass is 665 g/mol. The summed E-state index contributed by atoms with van der Waals surface area (Å²) in [5.74, 6) is -1.44. The van der Waals surface area contributed by atoms with Gasteiger partial charge < -0.3 is 9.80 Å². The maximum Gasteiger partial charge on any atom is 0.355 e. The Hall–Kier alpha value is -5.33. The zero-order chi connectivity index (χ0) is 34.6. The number of carbonyl (C=O) groups is 1. The van der Waals surface area contributed by atoms with Gasteiger partial charge in [0, 0.05) is 43.5 Å². The van der Waals surface area contributed by atoms with E-state index in [1.54, 1.807) is 29.4 Å². The van der Waals surface area contributed by atoms with E-state index >= 15 is 8.78 Å². The van der Waals surface area contributed by atoms with Crippen LogP contribution in [0.25, 0.3) is 28.0 Å². The van der Waals surface area contributed by atoms with Crippen LogP contribution in [0.1, 0.15) is 56.1 Å². The lowest BCUT2D eigenvalue weighted by Gasteiger charge is -2.44. The van der Waals surface area contributed by atoms with Crippen LogP contribution in [0, 0.1) is 11.6 Å². The largest absolute Gasteiger partial charge is 0.355 e. The van der Waals surface area contributed by atoms with Crippen molar-refractivity contribution in [1.29, 1.82) is 0 Å². The minimum absolute atomic E-state index is 0.0167. The standard InChI is InChI=1S/C36H37F2N9O2/c1-6-30(48)44-18-22(5)45(19-21(44)4)34-27-16-29(38)32-26-15-23(7-10-28(26)37)12-14-46-25(17-40-43-46)9-8-24-11-13-39-31(20(2)3)33(24)47(35(27)41-32)36(49)42-34/h6-7,10-11,13,15-17,20-22H,1,8-9,12,14,18-19H2,2-5H3/t21-,22+/m1/s1. The number of anilines is 1. The lowest BCUT2D eigenvalue weighted by Crippen LogP contribution is -2.58. The second kappa shape index (κ2) is 12.6. The van der Waals surface area contributed by atoms with Gasteiger partial charge in [-0.05, 0) is 80.5 Å². The van der Waals surface area contributed by atoms with Crippen LogP contribution in [-0.4, -0.2) is 70.5 Å². The molecule has 5 aromatic rings. The molecular formula is C36H37F2N9O2. The number of rotatable bonds is 3. The average molecular weight is 666 g/mol. The van der Waals surface area contributed by atoms with Crippen LogP contribution >= 0.6 is 0 Å². The Kier molecular flexibility index (Phi) is 8.29. The molecule has 11 nitrogen and oxygen atoms in total. The molecule has 2 aliphatic heterocycles. The van der Waals surface area contributed by atoms with Crippen LogP contribution in [-0.2, 0) is 30.6 Å². The zero-order valence-corrected chi connectivity index (χ0v) is 27.9. The van der Waals surface area contributed by atoms with Crippen molar-refractivity contribution in [1.82, 2.24) is 39.4 Å². The van der Waals surface area contributed by atoms with Crippen molar-refractivity contribution in [3.05, 3.63) is 100 Å². The Labute approximate surface area is 281 Å². The molecule has 0 saturated carbocycles. The molecule has 252 valence electrons. The van der Waals surface area contributed by atoms with E-state index in [-0.39, 0.29) is 52.0 Å². The molecule has 1 amide bonds. The molecule has 6 heterocycles. The molecule has 1 aromatic carbocycles. The Bertz CT molecular complexity index is 2180. The van der Waals surface area contributed by atoms with Gasteiger partial charge in [-0.15, -0.1) is 5.10 Å². The molecule has 1 fully saturated rings. The Morgan fingerprint density at radius 1 is 1.02 bits per heavy atom. The summed E-state index contributed by atoms with van der Waals surface area (Å²) in [6.07, 6.45) is 6.33. The molecule has 0 aliphatic carbocycles. The van der Waals surface area contributed by atoms with E-state index in [2.05, 4.69) is 21.9 Å². The number of hydrogen-bond acceptors (Lipinski definition) is 8. The van der Waals surface area contributed by atoms with Gasteiger partial charge in [0.15, 0.2) is 5.65 Å². The highest BCUT2D eigenvalue weighted by atomic mass is 19.1. The van der Waals surface area contributed by atoms with Crippen LogP contribution in [0.3, 0.4) is 0 Å². The molecule has 7 rings (SSSR count). The van der Waals surface area contributed by atoms with Crippen LogP contribution in [0.4, 0.5) is 14.6 Å². The van der Waals surface area contributed by atoms with Gasteiger partial charge in [-0.3, -0.25) is 9.78 Å². The van der Waals surface area contributed by atoms with Gasteiger partial charge in [0.25, 0.3) is 0 Å². The molecule has 2 atom stereocenters. The first-order valence-electron chi connectivity index (χ1n) is 16.5. The highest BCUT2D eigenvalue weighted by molar-refractivity contribution is 5.91. The number of aryl methyl sites for hydroxylation is 4. The van der Waals surface area contributed by atoms with Gasteiger partial charge in [-0.1, -0.05) is 31.7 Å². The number of fused-ring (bicyclic) bond motifs is 7. The SMILES string of the molecule is C=CC(=O)N1C[C@H](C)N(c2nc(=O)n3c4nc(c(F)cc24)-c2cc(ccc2F)CCn2nncc2CCc2ccnc(C(C)C)c2-3)C[C@H]1C. The number of halogens is 2. The second-order valence-corrected chi connectivity index (χ2v) is 13.2. The van der Waals surface area contributed by atoms with Crippen molar-refractivity contribution in [2.75, 3.05) is 18.0 Å². The van der Waals surface area contributed by atoms with Crippen LogP contribution < -0.4 is 10.6 Å². The molecule has 4 bridgehead atoms. The van der Waals surface area contributed by atoms with Gasteiger partial charge in [0.2, 0.25) is 5.91 Å². The Morgan fingerprint density at radius 2 is 1.84 bits per heavy atom. The third kappa shape index (κ3) is 5.66. The quantitative estimate of drug-likeness (QED) is 0.253. The fourth-order valence-electron chi connectivity index (χ4n) is 7.02. The first-order chi connectivity index (χ1) is 23.5. The topological polar surface area (TPSA) is 115 Å². The predicted molar refractivity (Wildman–Crippen MR) is 182 cm³/mol. The average Bonchev–Trinajstić information content (AvgIpc) is 3.54. The van der Waals surface area contributed by atoms with Crippen molar-refractivity contribution in [3.63, 3.8) is 0 Å². The Balaban J connectivity index is 1.53. The number of piperazine rings is 1. The molecule has 49 heavy (non-hydrogen) atoms. The fourth-order valence-corrected chi connectivity index (χ4v) is 7.02. The zero-order valence-electron chi connectivity index (χ0n) is 27.9. The summed E-state index contributed by atoms with van der Waals surface area (Å²) in [6, 6.07) is 7.22. The minimum Gasteiger partial charge on any atom is -0.349 e. The molecule has 13 heteroatoms. The third-order valence-corrected chi connectivity index (χ3v) is 9.57. The van der Waals surface area contributed by atoms with Crippen LogP contribution in [0.5, 0.6) is 0 Å². The lowest BCUT2D eigenvalue weighted by atomic mass is 10.00. The van der Waals surface area contributed by atoms with E-state index in [9.17, 15) is 9.59 Å². The van der Waals surface area contributed by atoms with E-state index in [0.717, 1.165) is 16.8 Å². The molecule has 0 radical (unpaired) electrons. The van der Waals surface area contributed by atoms with E-state index in [1.165, 1.54) is 22.8 Å². The number of aromatic nitrogens is 7. The van der Waals surface area contributed by atoms with Crippen LogP contribution in [0.15, 0.2) is 60.2 Å². The number of benzene rings is 1. The fraction of sp³-hybridized carbons (Fsp3) is 0.361. The van der Waals surface area contributed by atoms with Gasteiger partial charge in [0.05, 0.1) is 28.7 Å². The maximum atomic E-state index is 16.4. The summed E-state index contributed by atoms with van der Waals surface area (Å²) in [4.78, 5) is 44.8. The molecule has 0 unspecified atom stereocenters. The summed E-state index contributed by atoms with van der Waals surface area (Å²) in [7, 11) is 0. The Morgan fingerprint density at radius 3 is 2.61 bits per heavy atom. The normalized spacial score (nSPS) is 17.9. The summed E-state index contributed by atoms with van der Waals surface area (Å²) in [6.45, 7) is 12.6. The lowest BCUT2D eigenvalue weighted by molar-refractivity contribution is -0.128. The van der Waals surface area contributed by atoms with E-state index in [0.29, 0.717) is 50.3 Å². The molecule has 0 N–H and O–H groups in total. The van der Waals surface area contributed by atoms with Crippen molar-refractivity contribution < 1.29 is 13.6 Å². The highest BCUT2D eigenvalue weighted by Gasteiger charge is 2.34. The first kappa shape index (κ1) is 32.2. The molecule has 4 aromatic heterocycles. The van der Waals surface area contributed by atoms with Gasteiger partial charge in [0.1, 0.15) is 23.1 Å². The van der Waals surface area contributed by atoms with Gasteiger partial charge in [-0.25, -0.2) is 27.8 Å². The van der Waals surface area contributed by atoms with Gasteiger partial charge in [-0.2, -0.15) is 4.98 Å². The van der Waals surface area contributed by atoms with E-state index < -0.39 is 17.3 Å². The molecular weight excluding hydrogens is 628 g/mol. The number of hydrogen-bond donors (Lipinski definition) is 0.